The molecular formula is C49H72BN5O8. The van der Waals surface area contributed by atoms with Crippen molar-refractivity contribution in [3.05, 3.63) is 64.8 Å². The summed E-state index contributed by atoms with van der Waals surface area (Å²) in [6.45, 7) is 25.4. The van der Waals surface area contributed by atoms with Crippen molar-refractivity contribution in [3.8, 4) is 11.1 Å². The molecule has 2 aromatic carbocycles. The van der Waals surface area contributed by atoms with Crippen molar-refractivity contribution in [2.75, 3.05) is 102 Å². The molecule has 14 heteroatoms. The van der Waals surface area contributed by atoms with Crippen LogP contribution in [0.4, 0.5) is 17.2 Å². The van der Waals surface area contributed by atoms with Crippen LogP contribution in [0.5, 0.6) is 0 Å². The van der Waals surface area contributed by atoms with Gasteiger partial charge in [0.15, 0.2) is 0 Å². The monoisotopic (exact) mass is 870 g/mol. The van der Waals surface area contributed by atoms with Crippen molar-refractivity contribution in [1.29, 1.82) is 0 Å². The summed E-state index contributed by atoms with van der Waals surface area (Å²) in [6, 6.07) is 13.1. The Hall–Kier alpha value is -4.21. The molecule has 0 radical (unpaired) electrons. The summed E-state index contributed by atoms with van der Waals surface area (Å²) in [5.41, 5.74) is 7.12. The molecule has 4 saturated heterocycles. The summed E-state index contributed by atoms with van der Waals surface area (Å²) in [6.07, 6.45) is 7.01. The zero-order valence-corrected chi connectivity index (χ0v) is 39.9. The molecule has 0 aliphatic carbocycles. The quantitative estimate of drug-likeness (QED) is 0.145. The molecule has 0 spiro atoms. The van der Waals surface area contributed by atoms with Crippen LogP contribution in [0.3, 0.4) is 0 Å². The van der Waals surface area contributed by atoms with Gasteiger partial charge in [-0.15, -0.1) is 0 Å². The first-order valence-electron chi connectivity index (χ1n) is 23.0. The predicted octanol–water partition coefficient (Wildman–Crippen LogP) is 7.08. The number of esters is 2. The second kappa shape index (κ2) is 21.2. The minimum Gasteiger partial charge on any atom is -0.465 e. The van der Waals surface area contributed by atoms with E-state index in [4.69, 9.17) is 33.2 Å². The molecule has 0 amide bonds. The molecular weight excluding hydrogens is 797 g/mol. The van der Waals surface area contributed by atoms with Crippen molar-refractivity contribution in [1.82, 2.24) is 9.88 Å². The van der Waals surface area contributed by atoms with E-state index in [0.717, 1.165) is 143 Å². The molecule has 63 heavy (non-hydrogen) atoms. The van der Waals surface area contributed by atoms with E-state index in [1.54, 1.807) is 0 Å². The van der Waals surface area contributed by atoms with E-state index in [2.05, 4.69) is 64.8 Å². The second-order valence-corrected chi connectivity index (χ2v) is 18.3. The number of hydrogen-bond acceptors (Lipinski definition) is 13. The number of likely N-dealkylation sites (N-methyl/N-ethyl adjacent to an activating group) is 1. The second-order valence-electron chi connectivity index (χ2n) is 18.3. The minimum atomic E-state index is -0.531. The average molecular weight is 870 g/mol. The Morgan fingerprint density at radius 1 is 0.730 bits per heavy atom. The van der Waals surface area contributed by atoms with Crippen LogP contribution in [0, 0.1) is 13.8 Å². The highest BCUT2D eigenvalue weighted by molar-refractivity contribution is 6.62. The highest BCUT2D eigenvalue weighted by atomic mass is 16.7. The van der Waals surface area contributed by atoms with Crippen molar-refractivity contribution in [2.45, 2.75) is 111 Å². The lowest BCUT2D eigenvalue weighted by atomic mass is 9.77. The summed E-state index contributed by atoms with van der Waals surface area (Å²) < 4.78 is 33.9. The molecule has 7 rings (SSSR count). The fourth-order valence-electron chi connectivity index (χ4n) is 9.21. The van der Waals surface area contributed by atoms with E-state index in [1.165, 1.54) is 14.2 Å². The number of benzene rings is 2. The van der Waals surface area contributed by atoms with Crippen LogP contribution in [-0.2, 0) is 28.3 Å². The molecule has 0 saturated carbocycles. The van der Waals surface area contributed by atoms with E-state index >= 15 is 0 Å². The van der Waals surface area contributed by atoms with Crippen LogP contribution in [-0.4, -0.2) is 139 Å². The van der Waals surface area contributed by atoms with Gasteiger partial charge in [0, 0.05) is 94.4 Å². The summed E-state index contributed by atoms with van der Waals surface area (Å²) >= 11 is 0. The highest BCUT2D eigenvalue weighted by Gasteiger charge is 2.52. The predicted molar refractivity (Wildman–Crippen MR) is 252 cm³/mol. The van der Waals surface area contributed by atoms with Crippen LogP contribution in [0.1, 0.15) is 105 Å². The Balaban J connectivity index is 0.000000213. The summed E-state index contributed by atoms with van der Waals surface area (Å²) in [5.74, 6) is 0.365. The van der Waals surface area contributed by atoms with Crippen molar-refractivity contribution >= 4 is 41.7 Å². The fraction of sp³-hybridized carbons (Fsp3) is 0.612. The first kappa shape index (κ1) is 48.3. The van der Waals surface area contributed by atoms with Crippen LogP contribution in [0.25, 0.3) is 11.1 Å². The maximum Gasteiger partial charge on any atom is 0.494 e. The van der Waals surface area contributed by atoms with E-state index in [1.807, 2.05) is 59.9 Å². The molecule has 344 valence electrons. The zero-order valence-electron chi connectivity index (χ0n) is 39.9. The third kappa shape index (κ3) is 11.0. The first-order chi connectivity index (χ1) is 30.1. The maximum atomic E-state index is 12.7. The van der Waals surface area contributed by atoms with Crippen molar-refractivity contribution < 1.29 is 37.8 Å². The van der Waals surface area contributed by atoms with E-state index in [0.29, 0.717) is 23.2 Å². The number of rotatable bonds is 11. The fourth-order valence-corrected chi connectivity index (χ4v) is 9.21. The molecule has 4 aliphatic rings. The molecule has 4 aliphatic heterocycles. The third-order valence-corrected chi connectivity index (χ3v) is 13.8. The molecule has 0 bridgehead atoms. The highest BCUT2D eigenvalue weighted by Crippen LogP contribution is 2.38. The van der Waals surface area contributed by atoms with Gasteiger partial charge in [0.2, 0.25) is 0 Å². The zero-order chi connectivity index (χ0) is 45.5. The van der Waals surface area contributed by atoms with Gasteiger partial charge in [-0.25, -0.2) is 14.6 Å². The Morgan fingerprint density at radius 2 is 1.25 bits per heavy atom. The number of methoxy groups -OCH3 is 2. The Kier molecular flexibility index (Phi) is 16.2. The molecule has 0 N–H and O–H groups in total. The molecule has 5 heterocycles. The first-order valence-corrected chi connectivity index (χ1v) is 23.0. The molecule has 0 unspecified atom stereocenters. The van der Waals surface area contributed by atoms with Gasteiger partial charge in [0.05, 0.1) is 36.5 Å². The SMILES string of the molecule is CCN(c1cc(-c2ccc(N3CCCN(C)CC3)nc2)cc(C(=O)OC)c1C)C1CCOCC1.CCN(c1cc(B2OC(C)(C)C(C)(C)O2)cc(C(=O)OC)c1C)C1CCOCC1. The van der Waals surface area contributed by atoms with E-state index in [9.17, 15) is 9.59 Å². The number of carbonyl (C=O) groups excluding carboxylic acids is 2. The molecule has 1 aromatic heterocycles. The van der Waals surface area contributed by atoms with Crippen molar-refractivity contribution in [2.24, 2.45) is 0 Å². The normalized spacial score (nSPS) is 19.5. The van der Waals surface area contributed by atoms with Crippen LogP contribution in [0.15, 0.2) is 42.6 Å². The molecule has 0 atom stereocenters. The van der Waals surface area contributed by atoms with Gasteiger partial charge in [-0.2, -0.15) is 0 Å². The van der Waals surface area contributed by atoms with Gasteiger partial charge in [-0.05, 0) is 160 Å². The van der Waals surface area contributed by atoms with Gasteiger partial charge in [-0.1, -0.05) is 0 Å². The van der Waals surface area contributed by atoms with Gasteiger partial charge in [0.1, 0.15) is 5.82 Å². The average Bonchev–Trinajstić information content (AvgIpc) is 3.38. The van der Waals surface area contributed by atoms with Gasteiger partial charge < -0.3 is 47.9 Å². The van der Waals surface area contributed by atoms with Gasteiger partial charge >= 0.3 is 19.1 Å². The Labute approximate surface area is 376 Å². The number of pyridine rings is 1. The number of ether oxygens (including phenoxy) is 4. The van der Waals surface area contributed by atoms with E-state index in [-0.39, 0.29) is 11.9 Å². The summed E-state index contributed by atoms with van der Waals surface area (Å²) in [5, 5.41) is 0. The van der Waals surface area contributed by atoms with E-state index < -0.39 is 18.3 Å². The van der Waals surface area contributed by atoms with Crippen molar-refractivity contribution in [3.63, 3.8) is 0 Å². The molecule has 4 fully saturated rings. The third-order valence-electron chi connectivity index (χ3n) is 13.8. The Bertz CT molecular complexity index is 2000. The number of carbonyl (C=O) groups is 2. The van der Waals surface area contributed by atoms with Crippen LogP contribution >= 0.6 is 0 Å². The lowest BCUT2D eigenvalue weighted by molar-refractivity contribution is 0.00578. The molecule has 13 nitrogen and oxygen atoms in total. The topological polar surface area (TPSA) is 115 Å². The van der Waals surface area contributed by atoms with Gasteiger partial charge in [0.25, 0.3) is 0 Å². The van der Waals surface area contributed by atoms with Crippen LogP contribution in [0.2, 0.25) is 0 Å². The molecule has 3 aromatic rings. The van der Waals surface area contributed by atoms with Gasteiger partial charge in [-0.3, -0.25) is 0 Å². The smallest absolute Gasteiger partial charge is 0.465 e. The lowest BCUT2D eigenvalue weighted by Crippen LogP contribution is -2.42. The summed E-state index contributed by atoms with van der Waals surface area (Å²) in [4.78, 5) is 39.6. The largest absolute Gasteiger partial charge is 0.494 e. The maximum absolute atomic E-state index is 12.7. The number of aromatic nitrogens is 1. The Morgan fingerprint density at radius 3 is 1.75 bits per heavy atom. The minimum absolute atomic E-state index is 0.304. The standard InChI is InChI=1S/C27H38N4O3.C22H34BNO5/c1-5-31(23-9-15-34-16-10-23)25-18-22(17-24(20(25)2)27(32)33-4)21-7-8-26(28-19-21)30-12-6-11-29(3)13-14-30;1-8-24(17-9-11-27-12-10-17)19-14-16(13-18(15(19)2)20(25)26-7)23-28-21(3,4)22(5,6)29-23/h7-8,17-19,23H,5-6,9-16H2,1-4H3;13-14,17H,8-12H2,1-7H3. The summed E-state index contributed by atoms with van der Waals surface area (Å²) in [7, 11) is 4.50. The lowest BCUT2D eigenvalue weighted by Gasteiger charge is -2.37. The number of hydrogen-bond donors (Lipinski definition) is 0. The van der Waals surface area contributed by atoms with Crippen LogP contribution < -0.4 is 20.2 Å². The number of anilines is 3. The number of nitrogens with zero attached hydrogens (tertiary/aromatic N) is 5.